The van der Waals surface area contributed by atoms with Gasteiger partial charge >= 0.3 is 0 Å². The van der Waals surface area contributed by atoms with Crippen molar-refractivity contribution in [3.05, 3.63) is 0 Å². The number of hydrogen-bond donors (Lipinski definition) is 4. The minimum Gasteiger partial charge on any atom is -0.395 e. The lowest BCUT2D eigenvalue weighted by atomic mass is 10.1. The summed E-state index contributed by atoms with van der Waals surface area (Å²) in [6.45, 7) is 8.44. The maximum Gasteiger partial charge on any atom is 0.0558 e. The highest BCUT2D eigenvalue weighted by molar-refractivity contribution is 4.76. The molecule has 1 unspecified atom stereocenters. The first-order valence-corrected chi connectivity index (χ1v) is 7.40. The normalized spacial score (nSPS) is 13.4. The maximum absolute atomic E-state index is 9.12. The van der Waals surface area contributed by atoms with E-state index in [1.807, 2.05) is 0 Å². The summed E-state index contributed by atoms with van der Waals surface area (Å²) >= 11 is 0. The molecule has 0 aromatic rings. The fourth-order valence-corrected chi connectivity index (χ4v) is 2.45. The van der Waals surface area contributed by atoms with Crippen LogP contribution >= 0.6 is 0 Å². The van der Waals surface area contributed by atoms with Gasteiger partial charge in [0, 0.05) is 58.4 Å². The van der Waals surface area contributed by atoms with Crippen molar-refractivity contribution in [2.45, 2.75) is 25.8 Å². The second-order valence-electron chi connectivity index (χ2n) is 4.87. The fourth-order valence-electron chi connectivity index (χ4n) is 2.45. The highest BCUT2D eigenvalue weighted by atomic mass is 16.3. The number of nitrogens with two attached hydrogens (primary N) is 3. The number of rotatable bonds is 13. The molecule has 7 N–H and O–H groups in total. The van der Waals surface area contributed by atoms with Gasteiger partial charge in [0.25, 0.3) is 0 Å². The molecule has 0 bridgehead atoms. The Morgan fingerprint density at radius 3 is 1.95 bits per heavy atom. The van der Waals surface area contributed by atoms with E-state index in [2.05, 4.69) is 16.7 Å². The summed E-state index contributed by atoms with van der Waals surface area (Å²) in [5.74, 6) is 0. The maximum atomic E-state index is 9.12. The van der Waals surface area contributed by atoms with Crippen molar-refractivity contribution in [3.63, 3.8) is 0 Å². The van der Waals surface area contributed by atoms with Crippen LogP contribution in [0.15, 0.2) is 0 Å². The van der Waals surface area contributed by atoms with Gasteiger partial charge in [-0.05, 0) is 6.42 Å². The number of aliphatic hydroxyl groups is 1. The van der Waals surface area contributed by atoms with Crippen molar-refractivity contribution in [3.8, 4) is 0 Å². The first-order valence-electron chi connectivity index (χ1n) is 7.40. The molecule has 0 radical (unpaired) electrons. The van der Waals surface area contributed by atoms with E-state index in [1.165, 1.54) is 0 Å². The zero-order valence-electron chi connectivity index (χ0n) is 12.4. The molecule has 0 aliphatic rings. The van der Waals surface area contributed by atoms with Gasteiger partial charge in [0.05, 0.1) is 6.61 Å². The van der Waals surface area contributed by atoms with Gasteiger partial charge in [0.2, 0.25) is 0 Å². The summed E-state index contributed by atoms with van der Waals surface area (Å²) in [4.78, 5) is 4.59. The molecule has 116 valence electrons. The van der Waals surface area contributed by atoms with Crippen molar-refractivity contribution >= 4 is 0 Å². The Bertz CT molecular complexity index is 182. The Morgan fingerprint density at radius 2 is 1.53 bits per heavy atom. The predicted octanol–water partition coefficient (Wildman–Crippen LogP) is -1.37. The monoisotopic (exact) mass is 275 g/mol. The molecule has 0 amide bonds. The van der Waals surface area contributed by atoms with E-state index < -0.39 is 0 Å². The fraction of sp³-hybridized carbons (Fsp3) is 1.00. The molecule has 0 fully saturated rings. The van der Waals surface area contributed by atoms with E-state index in [9.17, 15) is 0 Å². The molecule has 19 heavy (non-hydrogen) atoms. The third-order valence-corrected chi connectivity index (χ3v) is 3.30. The van der Waals surface area contributed by atoms with E-state index in [4.69, 9.17) is 22.3 Å². The third-order valence-electron chi connectivity index (χ3n) is 3.30. The average molecular weight is 275 g/mol. The van der Waals surface area contributed by atoms with Crippen LogP contribution in [0.1, 0.15) is 19.8 Å². The molecule has 0 aromatic carbocycles. The highest BCUT2D eigenvalue weighted by Gasteiger charge is 2.19. The van der Waals surface area contributed by atoms with E-state index in [0.29, 0.717) is 32.2 Å². The molecule has 0 rings (SSSR count). The molecule has 0 aromatic heterocycles. The lowest BCUT2D eigenvalue weighted by molar-refractivity contribution is 0.121. The summed E-state index contributed by atoms with van der Waals surface area (Å²) in [6.07, 6.45) is 2.25. The number of nitrogens with zero attached hydrogens (tertiary/aromatic N) is 2. The van der Waals surface area contributed by atoms with Crippen molar-refractivity contribution in [2.24, 2.45) is 17.2 Å². The van der Waals surface area contributed by atoms with Crippen LogP contribution in [0, 0.1) is 0 Å². The van der Waals surface area contributed by atoms with Crippen molar-refractivity contribution in [1.82, 2.24) is 9.80 Å². The average Bonchev–Trinajstić information content (AvgIpc) is 2.38. The van der Waals surface area contributed by atoms with Crippen LogP contribution in [-0.2, 0) is 0 Å². The van der Waals surface area contributed by atoms with Gasteiger partial charge < -0.3 is 22.3 Å². The largest absolute Gasteiger partial charge is 0.395 e. The zero-order chi connectivity index (χ0) is 14.5. The van der Waals surface area contributed by atoms with Gasteiger partial charge in [0.1, 0.15) is 0 Å². The van der Waals surface area contributed by atoms with Gasteiger partial charge in [-0.1, -0.05) is 13.3 Å². The van der Waals surface area contributed by atoms with Gasteiger partial charge in [-0.15, -0.1) is 0 Å². The second-order valence-corrected chi connectivity index (χ2v) is 4.87. The van der Waals surface area contributed by atoms with Crippen molar-refractivity contribution < 1.29 is 5.11 Å². The Morgan fingerprint density at radius 1 is 0.947 bits per heavy atom. The minimum atomic E-state index is 0.173. The van der Waals surface area contributed by atoms with Crippen molar-refractivity contribution in [2.75, 3.05) is 59.0 Å². The standard InChI is InChI=1S/C13H33N5O/c1-2-3-13(18(8-5-15)9-6-16)12-17(7-4-14)10-11-19/h13,19H,2-12,14-16H2,1H3. The summed E-state index contributed by atoms with van der Waals surface area (Å²) in [7, 11) is 0. The van der Waals surface area contributed by atoms with Crippen LogP contribution in [0.3, 0.4) is 0 Å². The van der Waals surface area contributed by atoms with Gasteiger partial charge in [-0.2, -0.15) is 0 Å². The number of aliphatic hydroxyl groups excluding tert-OH is 1. The summed E-state index contributed by atoms with van der Waals surface area (Å²) in [6, 6.07) is 0.440. The summed E-state index contributed by atoms with van der Waals surface area (Å²) in [5, 5.41) is 9.12. The first-order chi connectivity index (χ1) is 9.23. The van der Waals surface area contributed by atoms with Crippen LogP contribution in [0.25, 0.3) is 0 Å². The molecular weight excluding hydrogens is 242 g/mol. The molecule has 0 aliphatic heterocycles. The molecule has 0 spiro atoms. The van der Waals surface area contributed by atoms with E-state index in [1.54, 1.807) is 0 Å². The smallest absolute Gasteiger partial charge is 0.0558 e. The molecule has 6 nitrogen and oxygen atoms in total. The van der Waals surface area contributed by atoms with Crippen molar-refractivity contribution in [1.29, 1.82) is 0 Å². The molecule has 0 heterocycles. The molecule has 6 heteroatoms. The Hall–Kier alpha value is -0.240. The lowest BCUT2D eigenvalue weighted by Gasteiger charge is -2.35. The Labute approximate surface area is 117 Å². The van der Waals surface area contributed by atoms with Crippen LogP contribution in [0.4, 0.5) is 0 Å². The van der Waals surface area contributed by atoms with E-state index in [0.717, 1.165) is 39.0 Å². The molecule has 0 saturated carbocycles. The highest BCUT2D eigenvalue weighted by Crippen LogP contribution is 2.09. The van der Waals surface area contributed by atoms with Gasteiger partial charge in [-0.25, -0.2) is 0 Å². The topological polar surface area (TPSA) is 105 Å². The van der Waals surface area contributed by atoms with Crippen LogP contribution < -0.4 is 17.2 Å². The quantitative estimate of drug-likeness (QED) is 0.330. The molecule has 0 aliphatic carbocycles. The van der Waals surface area contributed by atoms with Crippen LogP contribution in [-0.4, -0.2) is 79.9 Å². The predicted molar refractivity (Wildman–Crippen MR) is 81.0 cm³/mol. The molecular formula is C13H33N5O. The summed E-state index contributed by atoms with van der Waals surface area (Å²) in [5.41, 5.74) is 17.0. The minimum absolute atomic E-state index is 0.173. The van der Waals surface area contributed by atoms with Gasteiger partial charge in [0.15, 0.2) is 0 Å². The lowest BCUT2D eigenvalue weighted by Crippen LogP contribution is -2.49. The molecule has 0 saturated heterocycles. The van der Waals surface area contributed by atoms with Crippen LogP contribution in [0.5, 0.6) is 0 Å². The third kappa shape index (κ3) is 8.52. The number of hydrogen-bond acceptors (Lipinski definition) is 6. The SMILES string of the molecule is CCCC(CN(CCN)CCO)N(CCN)CCN. The second kappa shape index (κ2) is 12.8. The first kappa shape index (κ1) is 18.8. The summed E-state index contributed by atoms with van der Waals surface area (Å²) < 4.78 is 0. The van der Waals surface area contributed by atoms with Gasteiger partial charge in [-0.3, -0.25) is 9.80 Å². The van der Waals surface area contributed by atoms with Crippen LogP contribution in [0.2, 0.25) is 0 Å². The van der Waals surface area contributed by atoms with E-state index >= 15 is 0 Å². The molecule has 1 atom stereocenters. The van der Waals surface area contributed by atoms with E-state index in [-0.39, 0.29) is 6.61 Å². The Balaban J connectivity index is 4.53. The Kier molecular flexibility index (Phi) is 12.6. The zero-order valence-corrected chi connectivity index (χ0v) is 12.4.